The molecule has 4 amide bonds. The molecule has 0 heterocycles. The summed E-state index contributed by atoms with van der Waals surface area (Å²) in [6.45, 7) is 0.881. The molecule has 5 rings (SSSR count). The van der Waals surface area contributed by atoms with Crippen LogP contribution in [0.1, 0.15) is 36.8 Å². The fraction of sp³-hybridized carbons (Fsp3) is 0.278. The molecular weight excluding hydrogens is 681 g/mol. The van der Waals surface area contributed by atoms with Crippen molar-refractivity contribution in [3.05, 3.63) is 120 Å². The van der Waals surface area contributed by atoms with E-state index < -0.39 is 32.3 Å². The van der Waals surface area contributed by atoms with E-state index in [1.54, 1.807) is 84.9 Å². The van der Waals surface area contributed by atoms with Gasteiger partial charge in [0.05, 0.1) is 0 Å². The SMILES string of the molecule is O=C(NCC1CCCC(CNC(=O)Nc2cccc(OS(=O)(=O)Cc3ccccc3)c2)C1)Nc1cccc(OS(=O)(=O)Cc2ccccc2)c1. The largest absolute Gasteiger partial charge is 0.382 e. The van der Waals surface area contributed by atoms with Crippen molar-refractivity contribution in [1.29, 1.82) is 0 Å². The highest BCUT2D eigenvalue weighted by Crippen LogP contribution is 2.28. The molecule has 14 heteroatoms. The Kier molecular flexibility index (Phi) is 12.3. The van der Waals surface area contributed by atoms with Gasteiger partial charge in [0.25, 0.3) is 0 Å². The van der Waals surface area contributed by atoms with Crippen LogP contribution in [0.2, 0.25) is 0 Å². The Morgan fingerprint density at radius 1 is 0.580 bits per heavy atom. The van der Waals surface area contributed by atoms with Crippen LogP contribution in [0.25, 0.3) is 0 Å². The van der Waals surface area contributed by atoms with Crippen LogP contribution in [0.15, 0.2) is 109 Å². The molecule has 1 aliphatic rings. The summed E-state index contributed by atoms with van der Waals surface area (Å²) >= 11 is 0. The molecule has 4 aromatic rings. The summed E-state index contributed by atoms with van der Waals surface area (Å²) in [5, 5.41) is 11.2. The van der Waals surface area contributed by atoms with Gasteiger partial charge < -0.3 is 29.6 Å². The molecule has 0 aliphatic heterocycles. The lowest BCUT2D eigenvalue weighted by Gasteiger charge is -2.29. The normalized spacial score (nSPS) is 16.1. The molecular formula is C36H40N4O8S2. The third kappa shape index (κ3) is 12.1. The average Bonchev–Trinajstić information content (AvgIpc) is 3.07. The Morgan fingerprint density at radius 3 is 1.42 bits per heavy atom. The lowest BCUT2D eigenvalue weighted by molar-refractivity contribution is 0.230. The van der Waals surface area contributed by atoms with Crippen molar-refractivity contribution in [3.63, 3.8) is 0 Å². The molecule has 4 aromatic carbocycles. The van der Waals surface area contributed by atoms with Crippen molar-refractivity contribution in [2.24, 2.45) is 11.8 Å². The molecule has 0 saturated heterocycles. The van der Waals surface area contributed by atoms with Crippen LogP contribution in [-0.2, 0) is 31.7 Å². The highest BCUT2D eigenvalue weighted by atomic mass is 32.2. The van der Waals surface area contributed by atoms with Gasteiger partial charge in [-0.05, 0) is 66.5 Å². The Morgan fingerprint density at radius 2 is 1.00 bits per heavy atom. The molecule has 0 spiro atoms. The number of amides is 4. The van der Waals surface area contributed by atoms with Gasteiger partial charge in [-0.25, -0.2) is 9.59 Å². The van der Waals surface area contributed by atoms with Gasteiger partial charge in [0.15, 0.2) is 0 Å². The van der Waals surface area contributed by atoms with E-state index in [4.69, 9.17) is 8.37 Å². The van der Waals surface area contributed by atoms with E-state index in [-0.39, 0.29) is 34.8 Å². The van der Waals surface area contributed by atoms with E-state index in [0.29, 0.717) is 35.6 Å². The zero-order valence-corrected chi connectivity index (χ0v) is 28.9. The van der Waals surface area contributed by atoms with Crippen LogP contribution in [0, 0.1) is 11.8 Å². The van der Waals surface area contributed by atoms with E-state index in [1.807, 2.05) is 0 Å². The van der Waals surface area contributed by atoms with Crippen molar-refractivity contribution >= 4 is 43.7 Å². The molecule has 4 N–H and O–H groups in total. The minimum Gasteiger partial charge on any atom is -0.382 e. The first-order chi connectivity index (χ1) is 24.0. The number of anilines is 2. The number of carbonyl (C=O) groups is 2. The molecule has 264 valence electrons. The van der Waals surface area contributed by atoms with Crippen LogP contribution in [0.4, 0.5) is 21.0 Å². The first kappa shape index (κ1) is 36.2. The third-order valence-electron chi connectivity index (χ3n) is 8.00. The molecule has 1 fully saturated rings. The summed E-state index contributed by atoms with van der Waals surface area (Å²) in [4.78, 5) is 25.3. The highest BCUT2D eigenvalue weighted by molar-refractivity contribution is 7.86. The van der Waals surface area contributed by atoms with E-state index in [0.717, 1.165) is 25.7 Å². The first-order valence-electron chi connectivity index (χ1n) is 16.2. The Labute approximate surface area is 292 Å². The average molecular weight is 721 g/mol. The van der Waals surface area contributed by atoms with Gasteiger partial charge in [0.1, 0.15) is 23.0 Å². The maximum atomic E-state index is 12.7. The highest BCUT2D eigenvalue weighted by Gasteiger charge is 2.23. The van der Waals surface area contributed by atoms with Gasteiger partial charge >= 0.3 is 32.3 Å². The first-order valence-corrected chi connectivity index (χ1v) is 19.4. The van der Waals surface area contributed by atoms with E-state index in [9.17, 15) is 26.4 Å². The van der Waals surface area contributed by atoms with Gasteiger partial charge in [-0.3, -0.25) is 0 Å². The summed E-state index contributed by atoms with van der Waals surface area (Å²) in [6.07, 6.45) is 3.64. The number of nitrogens with one attached hydrogen (secondary N) is 4. The molecule has 50 heavy (non-hydrogen) atoms. The molecule has 12 nitrogen and oxygen atoms in total. The molecule has 2 unspecified atom stereocenters. The second-order valence-electron chi connectivity index (χ2n) is 12.2. The van der Waals surface area contributed by atoms with Crippen LogP contribution < -0.4 is 29.6 Å². The zero-order valence-electron chi connectivity index (χ0n) is 27.3. The second-order valence-corrected chi connectivity index (χ2v) is 15.3. The predicted molar refractivity (Wildman–Crippen MR) is 192 cm³/mol. The van der Waals surface area contributed by atoms with Crippen molar-refractivity contribution in [1.82, 2.24) is 10.6 Å². The standard InChI is InChI=1S/C36H40N4O8S2/c41-35(39-31-16-8-18-33(21-31)47-49(43,44)25-27-10-3-1-4-11-27)37-23-29-14-7-15-30(20-29)24-38-36(42)40-32-17-9-19-34(22-32)48-50(45,46)26-28-12-5-2-6-13-28/h1-6,8-13,16-19,21-22,29-30H,7,14-15,20,23-26H2,(H2,37,39,41)(H2,38,40,42). The minimum absolute atomic E-state index is 0.0956. The molecule has 0 aromatic heterocycles. The Bertz CT molecular complexity index is 1820. The molecule has 1 aliphatic carbocycles. The van der Waals surface area contributed by atoms with E-state index >= 15 is 0 Å². The fourth-order valence-corrected chi connectivity index (χ4v) is 7.87. The van der Waals surface area contributed by atoms with Crippen molar-refractivity contribution < 1.29 is 34.8 Å². The Hall–Kier alpha value is -5.08. The fourth-order valence-electron chi connectivity index (χ4n) is 5.76. The number of carbonyl (C=O) groups excluding carboxylic acids is 2. The van der Waals surface area contributed by atoms with Gasteiger partial charge in [-0.1, -0.05) is 79.2 Å². The third-order valence-corrected chi connectivity index (χ3v) is 10.3. The quantitative estimate of drug-likeness (QED) is 0.111. The molecule has 2 atom stereocenters. The lowest BCUT2D eigenvalue weighted by atomic mass is 9.81. The van der Waals surface area contributed by atoms with Gasteiger partial charge in [0.2, 0.25) is 0 Å². The molecule has 0 radical (unpaired) electrons. The van der Waals surface area contributed by atoms with Gasteiger partial charge in [0, 0.05) is 36.6 Å². The van der Waals surface area contributed by atoms with E-state index in [1.165, 1.54) is 24.3 Å². The number of urea groups is 2. The van der Waals surface area contributed by atoms with Crippen molar-refractivity contribution in [2.75, 3.05) is 23.7 Å². The number of benzene rings is 4. The topological polar surface area (TPSA) is 169 Å². The summed E-state index contributed by atoms with van der Waals surface area (Å²) in [5.74, 6) is 0.0726. The summed E-state index contributed by atoms with van der Waals surface area (Å²) in [6, 6.07) is 29.0. The second kappa shape index (κ2) is 17.0. The van der Waals surface area contributed by atoms with Crippen LogP contribution >= 0.6 is 0 Å². The van der Waals surface area contributed by atoms with E-state index in [2.05, 4.69) is 21.3 Å². The molecule has 0 bridgehead atoms. The Balaban J connectivity index is 1.03. The predicted octanol–water partition coefficient (Wildman–Crippen LogP) is 6.25. The van der Waals surface area contributed by atoms with Crippen LogP contribution in [0.5, 0.6) is 11.5 Å². The summed E-state index contributed by atoms with van der Waals surface area (Å²) in [5.41, 5.74) is 1.98. The number of hydrogen-bond donors (Lipinski definition) is 4. The maximum absolute atomic E-state index is 12.7. The maximum Gasteiger partial charge on any atom is 0.319 e. The van der Waals surface area contributed by atoms with Crippen LogP contribution in [0.3, 0.4) is 0 Å². The van der Waals surface area contributed by atoms with Crippen molar-refractivity contribution in [3.8, 4) is 11.5 Å². The lowest BCUT2D eigenvalue weighted by Crippen LogP contribution is -2.38. The number of rotatable bonds is 14. The summed E-state index contributed by atoms with van der Waals surface area (Å²) < 4.78 is 60.5. The van der Waals surface area contributed by atoms with Crippen molar-refractivity contribution in [2.45, 2.75) is 37.2 Å². The van der Waals surface area contributed by atoms with Gasteiger partial charge in [-0.15, -0.1) is 0 Å². The minimum atomic E-state index is -3.89. The zero-order chi connectivity index (χ0) is 35.4. The monoisotopic (exact) mass is 720 g/mol. The van der Waals surface area contributed by atoms with Gasteiger partial charge in [-0.2, -0.15) is 16.8 Å². The molecule has 1 saturated carbocycles. The smallest absolute Gasteiger partial charge is 0.319 e. The number of hydrogen-bond acceptors (Lipinski definition) is 8. The van der Waals surface area contributed by atoms with Crippen LogP contribution in [-0.4, -0.2) is 42.0 Å². The summed E-state index contributed by atoms with van der Waals surface area (Å²) in [7, 11) is -7.78.